The number of imidazole rings is 1. The van der Waals surface area contributed by atoms with Gasteiger partial charge in [0, 0.05) is 0 Å². The summed E-state index contributed by atoms with van der Waals surface area (Å²) >= 11 is 0. The predicted octanol–water partition coefficient (Wildman–Crippen LogP) is 0.906. The van der Waals surface area contributed by atoms with Crippen LogP contribution in [-0.2, 0) is 16.0 Å². The summed E-state index contributed by atoms with van der Waals surface area (Å²) in [7, 11) is 0. The van der Waals surface area contributed by atoms with Gasteiger partial charge in [0.1, 0.15) is 0 Å². The van der Waals surface area contributed by atoms with Crippen LogP contribution in [0, 0.1) is 11.3 Å². The molecule has 1 saturated heterocycles. The second-order valence-corrected chi connectivity index (χ2v) is 4.46. The zero-order chi connectivity index (χ0) is 13.2. The molecule has 2 N–H and O–H groups in total. The van der Waals surface area contributed by atoms with E-state index in [0.29, 0.717) is 37.9 Å². The molecule has 98 valence electrons. The Labute approximate surface area is 110 Å². The lowest BCUT2D eigenvalue weighted by atomic mass is 10.2. The van der Waals surface area contributed by atoms with Crippen molar-refractivity contribution in [1.29, 1.82) is 5.26 Å². The van der Waals surface area contributed by atoms with Gasteiger partial charge in [-0.05, 0) is 18.2 Å². The Morgan fingerprint density at radius 2 is 2.37 bits per heavy atom. The van der Waals surface area contributed by atoms with Crippen molar-refractivity contribution in [2.75, 3.05) is 25.6 Å². The number of anilines is 1. The fraction of sp³-hybridized carbons (Fsp3) is 0.385. The van der Waals surface area contributed by atoms with Crippen LogP contribution in [0.15, 0.2) is 18.2 Å². The molecule has 1 aromatic carbocycles. The van der Waals surface area contributed by atoms with Crippen LogP contribution in [0.1, 0.15) is 5.56 Å². The van der Waals surface area contributed by atoms with Crippen LogP contribution in [0.25, 0.3) is 11.0 Å². The van der Waals surface area contributed by atoms with Gasteiger partial charge >= 0.3 is 0 Å². The van der Waals surface area contributed by atoms with E-state index in [9.17, 15) is 0 Å². The average Bonchev–Trinajstić information content (AvgIpc) is 2.76. The van der Waals surface area contributed by atoms with Crippen molar-refractivity contribution in [2.45, 2.75) is 12.6 Å². The zero-order valence-corrected chi connectivity index (χ0v) is 10.4. The fourth-order valence-electron chi connectivity index (χ4n) is 2.25. The van der Waals surface area contributed by atoms with Crippen molar-refractivity contribution in [3.8, 4) is 6.07 Å². The SMILES string of the molecule is N#Cc1ccc2nc(N)n(CC3COCCO3)c2c1. The number of ether oxygens (including phenoxy) is 2. The molecule has 0 radical (unpaired) electrons. The maximum absolute atomic E-state index is 8.96. The molecule has 0 amide bonds. The zero-order valence-electron chi connectivity index (χ0n) is 10.4. The Hall–Kier alpha value is -2.10. The summed E-state index contributed by atoms with van der Waals surface area (Å²) in [6.45, 7) is 2.37. The molecule has 1 aliphatic rings. The monoisotopic (exact) mass is 258 g/mol. The third-order valence-electron chi connectivity index (χ3n) is 3.18. The maximum atomic E-state index is 8.96. The van der Waals surface area contributed by atoms with E-state index in [1.54, 1.807) is 18.2 Å². The molecule has 2 heterocycles. The Balaban J connectivity index is 1.97. The highest BCUT2D eigenvalue weighted by molar-refractivity contribution is 5.79. The lowest BCUT2D eigenvalue weighted by molar-refractivity contribution is -0.0930. The average molecular weight is 258 g/mol. The summed E-state index contributed by atoms with van der Waals surface area (Å²) in [5, 5.41) is 8.96. The molecular weight excluding hydrogens is 244 g/mol. The summed E-state index contributed by atoms with van der Waals surface area (Å²) < 4.78 is 12.9. The quantitative estimate of drug-likeness (QED) is 0.865. The highest BCUT2D eigenvalue weighted by Gasteiger charge is 2.18. The van der Waals surface area contributed by atoms with Crippen molar-refractivity contribution >= 4 is 17.0 Å². The number of fused-ring (bicyclic) bond motifs is 1. The first kappa shape index (κ1) is 12.0. The van der Waals surface area contributed by atoms with E-state index in [0.717, 1.165) is 11.0 Å². The minimum atomic E-state index is -0.0285. The number of nitrogen functional groups attached to an aromatic ring is 1. The van der Waals surface area contributed by atoms with Crippen LogP contribution in [0.4, 0.5) is 5.95 Å². The number of benzene rings is 1. The molecule has 1 aromatic heterocycles. The number of nitrogens with two attached hydrogens (primary N) is 1. The van der Waals surface area contributed by atoms with Crippen LogP contribution in [0.2, 0.25) is 0 Å². The van der Waals surface area contributed by atoms with Crippen LogP contribution < -0.4 is 5.73 Å². The summed E-state index contributed by atoms with van der Waals surface area (Å²) in [5.74, 6) is 0.430. The molecule has 6 nitrogen and oxygen atoms in total. The Kier molecular flexibility index (Phi) is 3.07. The molecule has 1 unspecified atom stereocenters. The van der Waals surface area contributed by atoms with Gasteiger partial charge in [0.15, 0.2) is 0 Å². The molecule has 1 atom stereocenters. The molecule has 3 rings (SSSR count). The van der Waals surface area contributed by atoms with Gasteiger partial charge in [-0.2, -0.15) is 5.26 Å². The molecule has 1 fully saturated rings. The Bertz CT molecular complexity index is 638. The van der Waals surface area contributed by atoms with E-state index in [2.05, 4.69) is 11.1 Å². The molecule has 0 saturated carbocycles. The number of aromatic nitrogens is 2. The fourth-order valence-corrected chi connectivity index (χ4v) is 2.25. The van der Waals surface area contributed by atoms with Gasteiger partial charge in [-0.3, -0.25) is 0 Å². The first-order valence-corrected chi connectivity index (χ1v) is 6.13. The Morgan fingerprint density at radius 1 is 1.47 bits per heavy atom. The lowest BCUT2D eigenvalue weighted by Gasteiger charge is -2.23. The summed E-state index contributed by atoms with van der Waals surface area (Å²) in [6, 6.07) is 7.46. The van der Waals surface area contributed by atoms with Gasteiger partial charge in [-0.1, -0.05) is 0 Å². The Morgan fingerprint density at radius 3 is 3.11 bits per heavy atom. The topological polar surface area (TPSA) is 86.1 Å². The van der Waals surface area contributed by atoms with Crippen LogP contribution in [0.3, 0.4) is 0 Å². The van der Waals surface area contributed by atoms with E-state index in [1.165, 1.54) is 0 Å². The van der Waals surface area contributed by atoms with Crippen LogP contribution in [0.5, 0.6) is 0 Å². The van der Waals surface area contributed by atoms with E-state index >= 15 is 0 Å². The molecule has 1 aliphatic heterocycles. The van der Waals surface area contributed by atoms with Gasteiger partial charge in [0.05, 0.1) is 55.1 Å². The maximum Gasteiger partial charge on any atom is 0.201 e. The van der Waals surface area contributed by atoms with E-state index in [4.69, 9.17) is 20.5 Å². The number of nitriles is 1. The molecule has 0 spiro atoms. The molecule has 0 bridgehead atoms. The highest BCUT2D eigenvalue weighted by atomic mass is 16.6. The van der Waals surface area contributed by atoms with Gasteiger partial charge in [-0.15, -0.1) is 0 Å². The highest BCUT2D eigenvalue weighted by Crippen LogP contribution is 2.20. The van der Waals surface area contributed by atoms with Crippen LogP contribution in [-0.4, -0.2) is 35.5 Å². The van der Waals surface area contributed by atoms with Gasteiger partial charge in [-0.25, -0.2) is 4.98 Å². The van der Waals surface area contributed by atoms with Crippen molar-refractivity contribution in [1.82, 2.24) is 9.55 Å². The lowest BCUT2D eigenvalue weighted by Crippen LogP contribution is -2.32. The normalized spacial score (nSPS) is 19.4. The smallest absolute Gasteiger partial charge is 0.201 e. The van der Waals surface area contributed by atoms with Crippen molar-refractivity contribution < 1.29 is 9.47 Å². The number of hydrogen-bond acceptors (Lipinski definition) is 5. The summed E-state index contributed by atoms with van der Waals surface area (Å²) in [6.07, 6.45) is -0.0285. The number of rotatable bonds is 2. The van der Waals surface area contributed by atoms with Gasteiger partial charge < -0.3 is 19.8 Å². The van der Waals surface area contributed by atoms with Crippen molar-refractivity contribution in [2.24, 2.45) is 0 Å². The van der Waals surface area contributed by atoms with Crippen molar-refractivity contribution in [3.05, 3.63) is 23.8 Å². The summed E-state index contributed by atoms with van der Waals surface area (Å²) in [5.41, 5.74) is 8.16. The predicted molar refractivity (Wildman–Crippen MR) is 69.4 cm³/mol. The van der Waals surface area contributed by atoms with Crippen molar-refractivity contribution in [3.63, 3.8) is 0 Å². The second-order valence-electron chi connectivity index (χ2n) is 4.46. The minimum absolute atomic E-state index is 0.0285. The number of nitrogens with zero attached hydrogens (tertiary/aromatic N) is 3. The van der Waals surface area contributed by atoms with Gasteiger partial charge in [0.2, 0.25) is 5.95 Å². The molecular formula is C13H14N4O2. The summed E-state index contributed by atoms with van der Waals surface area (Å²) in [4.78, 5) is 4.29. The molecule has 2 aromatic rings. The molecule has 0 aliphatic carbocycles. The third-order valence-corrected chi connectivity index (χ3v) is 3.18. The van der Waals surface area contributed by atoms with E-state index in [1.807, 2.05) is 4.57 Å². The van der Waals surface area contributed by atoms with Crippen LogP contribution >= 0.6 is 0 Å². The first-order valence-electron chi connectivity index (χ1n) is 6.13. The minimum Gasteiger partial charge on any atom is -0.376 e. The first-order chi connectivity index (χ1) is 9.28. The van der Waals surface area contributed by atoms with E-state index in [-0.39, 0.29) is 6.10 Å². The van der Waals surface area contributed by atoms with Gasteiger partial charge in [0.25, 0.3) is 0 Å². The third kappa shape index (κ3) is 2.26. The molecule has 6 heteroatoms. The standard InChI is InChI=1S/C13H14N4O2/c14-6-9-1-2-11-12(5-9)17(13(15)16-11)7-10-8-18-3-4-19-10/h1-2,5,10H,3-4,7-8H2,(H2,15,16). The second kappa shape index (κ2) is 4.88. The number of hydrogen-bond donors (Lipinski definition) is 1. The largest absolute Gasteiger partial charge is 0.376 e. The van der Waals surface area contributed by atoms with E-state index < -0.39 is 0 Å². The molecule has 19 heavy (non-hydrogen) atoms.